The lowest BCUT2D eigenvalue weighted by molar-refractivity contribution is -0.145. The molecule has 3 atom stereocenters. The number of imide groups is 2. The Bertz CT molecular complexity index is 976. The minimum Gasteiger partial charge on any atom is -0.343 e. The summed E-state index contributed by atoms with van der Waals surface area (Å²) in [6.45, 7) is 1.52. The van der Waals surface area contributed by atoms with E-state index in [-0.39, 0.29) is 12.0 Å². The molecule has 1 aliphatic heterocycles. The Morgan fingerprint density at radius 2 is 1.81 bits per heavy atom. The first-order chi connectivity index (χ1) is 15.0. The zero-order valence-electron chi connectivity index (χ0n) is 17.3. The molecule has 1 N–H and O–H groups in total. The molecule has 7 nitrogen and oxygen atoms in total. The second-order valence-electron chi connectivity index (χ2n) is 8.10. The van der Waals surface area contributed by atoms with Gasteiger partial charge in [0.25, 0.3) is 0 Å². The standard InChI is InChI=1S/C23H25N3O4S/c1-15-8-5-6-11-17(15)26-22(29)21(28)25(23(26)30)14-19(27)24-20(18-12-7-13-31-18)16-9-3-2-4-10-16/h2-4,7,9-10,12-13,15,17,20H,5-6,8,11,14H2,1H3,(H,24,27)/t15-,17+,20+/m1/s1. The number of thiophene rings is 1. The smallest absolute Gasteiger partial charge is 0.334 e. The average molecular weight is 440 g/mol. The first kappa shape index (κ1) is 21.2. The van der Waals surface area contributed by atoms with E-state index in [1.807, 2.05) is 54.8 Å². The van der Waals surface area contributed by atoms with Crippen molar-refractivity contribution in [1.82, 2.24) is 15.1 Å². The molecule has 2 fully saturated rings. The van der Waals surface area contributed by atoms with Crippen LogP contribution in [0.25, 0.3) is 0 Å². The van der Waals surface area contributed by atoms with E-state index in [9.17, 15) is 19.2 Å². The first-order valence-electron chi connectivity index (χ1n) is 10.5. The van der Waals surface area contributed by atoms with Gasteiger partial charge in [-0.15, -0.1) is 11.3 Å². The molecule has 2 aliphatic rings. The van der Waals surface area contributed by atoms with Crippen molar-refractivity contribution < 1.29 is 19.2 Å². The second kappa shape index (κ2) is 9.01. The molecular weight excluding hydrogens is 414 g/mol. The zero-order chi connectivity index (χ0) is 22.0. The van der Waals surface area contributed by atoms with Crippen molar-refractivity contribution >= 4 is 35.1 Å². The topological polar surface area (TPSA) is 86.8 Å². The van der Waals surface area contributed by atoms with Gasteiger partial charge in [0.1, 0.15) is 6.54 Å². The van der Waals surface area contributed by atoms with Crippen molar-refractivity contribution in [3.63, 3.8) is 0 Å². The maximum atomic E-state index is 12.9. The van der Waals surface area contributed by atoms with Crippen LogP contribution in [0.15, 0.2) is 47.8 Å². The van der Waals surface area contributed by atoms with Crippen molar-refractivity contribution in [2.24, 2.45) is 5.92 Å². The molecule has 1 aliphatic carbocycles. The molecule has 0 radical (unpaired) electrons. The van der Waals surface area contributed by atoms with Gasteiger partial charge in [0, 0.05) is 10.9 Å². The van der Waals surface area contributed by atoms with Gasteiger partial charge in [-0.2, -0.15) is 0 Å². The number of nitrogens with zero attached hydrogens (tertiary/aromatic N) is 2. The van der Waals surface area contributed by atoms with Gasteiger partial charge >= 0.3 is 17.8 Å². The van der Waals surface area contributed by atoms with Gasteiger partial charge < -0.3 is 5.32 Å². The normalized spacial score (nSPS) is 22.7. The average Bonchev–Trinajstić information content (AvgIpc) is 3.37. The molecule has 4 rings (SSSR count). The number of hydrogen-bond donors (Lipinski definition) is 1. The van der Waals surface area contributed by atoms with E-state index >= 15 is 0 Å². The van der Waals surface area contributed by atoms with Gasteiger partial charge in [-0.05, 0) is 35.8 Å². The number of benzene rings is 1. The quantitative estimate of drug-likeness (QED) is 0.553. The fourth-order valence-corrected chi connectivity index (χ4v) is 5.21. The third-order valence-corrected chi connectivity index (χ3v) is 6.99. The first-order valence-corrected chi connectivity index (χ1v) is 11.4. The van der Waals surface area contributed by atoms with Crippen LogP contribution in [0.2, 0.25) is 0 Å². The summed E-state index contributed by atoms with van der Waals surface area (Å²) in [6, 6.07) is 11.9. The van der Waals surface area contributed by atoms with Crippen molar-refractivity contribution in [1.29, 1.82) is 0 Å². The highest BCUT2D eigenvalue weighted by Gasteiger charge is 2.49. The van der Waals surface area contributed by atoms with Crippen LogP contribution >= 0.6 is 11.3 Å². The molecule has 2 heterocycles. The molecule has 162 valence electrons. The van der Waals surface area contributed by atoms with Crippen LogP contribution in [-0.4, -0.2) is 46.1 Å². The molecule has 5 amide bonds. The molecule has 1 aromatic carbocycles. The van der Waals surface area contributed by atoms with E-state index < -0.39 is 36.3 Å². The Labute approximate surface area is 185 Å². The summed E-state index contributed by atoms with van der Waals surface area (Å²) in [5.41, 5.74) is 0.895. The number of nitrogens with one attached hydrogen (secondary N) is 1. The predicted octanol–water partition coefficient (Wildman–Crippen LogP) is 3.32. The number of urea groups is 1. The monoisotopic (exact) mass is 439 g/mol. The van der Waals surface area contributed by atoms with Crippen molar-refractivity contribution in [2.75, 3.05) is 6.54 Å². The van der Waals surface area contributed by atoms with Gasteiger partial charge in [-0.25, -0.2) is 9.69 Å². The summed E-state index contributed by atoms with van der Waals surface area (Å²) in [7, 11) is 0. The molecular formula is C23H25N3O4S. The van der Waals surface area contributed by atoms with Crippen molar-refractivity contribution in [2.45, 2.75) is 44.7 Å². The SMILES string of the molecule is C[C@@H]1CCCC[C@@H]1N1C(=O)C(=O)N(CC(=O)N[C@@H](c2ccccc2)c2cccs2)C1=O. The third-order valence-electron chi connectivity index (χ3n) is 6.05. The number of rotatable bonds is 6. The van der Waals surface area contributed by atoms with Crippen molar-refractivity contribution in [3.8, 4) is 0 Å². The number of amides is 5. The number of carbonyl (C=O) groups excluding carboxylic acids is 4. The number of hydrogen-bond acceptors (Lipinski definition) is 5. The summed E-state index contributed by atoms with van der Waals surface area (Å²) in [4.78, 5) is 53.6. The Balaban J connectivity index is 1.49. The van der Waals surface area contributed by atoms with Crippen molar-refractivity contribution in [3.05, 3.63) is 58.3 Å². The summed E-state index contributed by atoms with van der Waals surface area (Å²) in [5.74, 6) is -2.10. The van der Waals surface area contributed by atoms with E-state index in [1.165, 1.54) is 11.3 Å². The maximum absolute atomic E-state index is 12.9. The lowest BCUT2D eigenvalue weighted by Gasteiger charge is -2.34. The minimum absolute atomic E-state index is 0.143. The molecule has 31 heavy (non-hydrogen) atoms. The molecule has 2 aromatic rings. The van der Waals surface area contributed by atoms with Crippen LogP contribution in [0.4, 0.5) is 4.79 Å². The highest BCUT2D eigenvalue weighted by molar-refractivity contribution is 7.10. The van der Waals surface area contributed by atoms with Gasteiger partial charge in [0.05, 0.1) is 6.04 Å². The summed E-state index contributed by atoms with van der Waals surface area (Å²) >= 11 is 1.51. The third kappa shape index (κ3) is 4.25. The molecule has 1 saturated carbocycles. The van der Waals surface area contributed by atoms with Crippen LogP contribution in [0.3, 0.4) is 0 Å². The van der Waals surface area contributed by atoms with E-state index in [2.05, 4.69) is 5.32 Å². The van der Waals surface area contributed by atoms with Gasteiger partial charge in [0.2, 0.25) is 5.91 Å². The van der Waals surface area contributed by atoms with Crippen LogP contribution in [-0.2, 0) is 14.4 Å². The fraction of sp³-hybridized carbons (Fsp3) is 0.391. The highest BCUT2D eigenvalue weighted by atomic mass is 32.1. The summed E-state index contributed by atoms with van der Waals surface area (Å²) < 4.78 is 0. The Morgan fingerprint density at radius 3 is 2.48 bits per heavy atom. The summed E-state index contributed by atoms with van der Waals surface area (Å²) in [5, 5.41) is 4.84. The molecule has 8 heteroatoms. The van der Waals surface area contributed by atoms with Crippen LogP contribution in [0, 0.1) is 5.92 Å². The van der Waals surface area contributed by atoms with E-state index in [4.69, 9.17) is 0 Å². The maximum Gasteiger partial charge on any atom is 0.334 e. The Hall–Kier alpha value is -3.00. The second-order valence-corrected chi connectivity index (χ2v) is 9.08. The molecule has 1 saturated heterocycles. The minimum atomic E-state index is -0.926. The van der Waals surface area contributed by atoms with Crippen LogP contribution in [0.1, 0.15) is 49.1 Å². The van der Waals surface area contributed by atoms with E-state index in [0.717, 1.165) is 39.5 Å². The largest absolute Gasteiger partial charge is 0.343 e. The molecule has 0 spiro atoms. The lowest BCUT2D eigenvalue weighted by atomic mass is 9.85. The Morgan fingerprint density at radius 1 is 1.06 bits per heavy atom. The number of carbonyl (C=O) groups is 4. The van der Waals surface area contributed by atoms with Crippen LogP contribution in [0.5, 0.6) is 0 Å². The molecule has 0 unspecified atom stereocenters. The molecule has 0 bridgehead atoms. The predicted molar refractivity (Wildman–Crippen MR) is 116 cm³/mol. The Kier molecular flexibility index (Phi) is 6.18. The van der Waals surface area contributed by atoms with Crippen LogP contribution < -0.4 is 5.32 Å². The molecule has 1 aromatic heterocycles. The van der Waals surface area contributed by atoms with E-state index in [0.29, 0.717) is 6.42 Å². The lowest BCUT2D eigenvalue weighted by Crippen LogP contribution is -2.47. The highest BCUT2D eigenvalue weighted by Crippen LogP contribution is 2.31. The van der Waals surface area contributed by atoms with Gasteiger partial charge in [0.15, 0.2) is 0 Å². The van der Waals surface area contributed by atoms with Gasteiger partial charge in [-0.3, -0.25) is 19.3 Å². The van der Waals surface area contributed by atoms with E-state index in [1.54, 1.807) is 0 Å². The summed E-state index contributed by atoms with van der Waals surface area (Å²) in [6.07, 6.45) is 3.58. The van der Waals surface area contributed by atoms with Gasteiger partial charge in [-0.1, -0.05) is 56.2 Å². The fourth-order valence-electron chi connectivity index (χ4n) is 4.40. The zero-order valence-corrected chi connectivity index (χ0v) is 18.1.